The average molecular weight is 233 g/mol. The lowest BCUT2D eigenvalue weighted by Crippen LogP contribution is -2.27. The van der Waals surface area contributed by atoms with Crippen LogP contribution in [0.2, 0.25) is 0 Å². The van der Waals surface area contributed by atoms with Gasteiger partial charge in [0.05, 0.1) is 11.1 Å². The molecular weight excluding hydrogens is 222 g/mol. The lowest BCUT2D eigenvalue weighted by Gasteiger charge is -2.16. The molecule has 0 amide bonds. The molecule has 0 spiro atoms. The number of hydrogen-bond donors (Lipinski definition) is 1. The van der Waals surface area contributed by atoms with E-state index >= 15 is 0 Å². The molecule has 0 heterocycles. The fourth-order valence-corrected chi connectivity index (χ4v) is 1.57. The van der Waals surface area contributed by atoms with Gasteiger partial charge in [-0.3, -0.25) is 0 Å². The van der Waals surface area contributed by atoms with E-state index in [9.17, 15) is 17.6 Å². The second-order valence-corrected chi connectivity index (χ2v) is 4.22. The number of halogens is 4. The molecule has 2 N–H and O–H groups in total. The van der Waals surface area contributed by atoms with Gasteiger partial charge in [-0.1, -0.05) is 12.1 Å². The van der Waals surface area contributed by atoms with E-state index in [1.807, 2.05) is 0 Å². The molecule has 1 nitrogen and oxygen atoms in total. The van der Waals surface area contributed by atoms with Crippen LogP contribution in [0.25, 0.3) is 0 Å². The highest BCUT2D eigenvalue weighted by molar-refractivity contribution is 5.29. The number of alkyl halides is 4. The summed E-state index contributed by atoms with van der Waals surface area (Å²) in [6, 6.07) is 4.07. The molecule has 0 saturated heterocycles. The van der Waals surface area contributed by atoms with Crippen LogP contribution >= 0.6 is 0 Å². The normalized spacial score (nSPS) is 20.6. The Hall–Kier alpha value is -1.10. The van der Waals surface area contributed by atoms with Gasteiger partial charge in [0, 0.05) is 0 Å². The van der Waals surface area contributed by atoms with Gasteiger partial charge in [0.25, 0.3) is 0 Å². The van der Waals surface area contributed by atoms with Crippen molar-refractivity contribution in [1.29, 1.82) is 0 Å². The topological polar surface area (TPSA) is 26.0 Å². The molecule has 1 fully saturated rings. The van der Waals surface area contributed by atoms with Crippen LogP contribution in [0.4, 0.5) is 17.6 Å². The van der Waals surface area contributed by atoms with E-state index in [4.69, 9.17) is 5.73 Å². The van der Waals surface area contributed by atoms with Crippen molar-refractivity contribution >= 4 is 0 Å². The Bertz CT molecular complexity index is 378. The Balaban J connectivity index is 2.19. The minimum Gasteiger partial charge on any atom is -0.322 e. The highest BCUT2D eigenvalue weighted by atomic mass is 19.4. The standard InChI is InChI=1S/C11H11F4N/c12-9(10(16)5-6-10)7-1-3-8(4-2-7)11(13,14)15/h1-4,9H,5-6,16H2. The summed E-state index contributed by atoms with van der Waals surface area (Å²) in [7, 11) is 0. The molecule has 0 bridgehead atoms. The van der Waals surface area contributed by atoms with Crippen LogP contribution in [-0.2, 0) is 6.18 Å². The van der Waals surface area contributed by atoms with Crippen molar-refractivity contribution in [3.63, 3.8) is 0 Å². The van der Waals surface area contributed by atoms with Crippen molar-refractivity contribution < 1.29 is 17.6 Å². The van der Waals surface area contributed by atoms with Crippen LogP contribution in [-0.4, -0.2) is 5.54 Å². The highest BCUT2D eigenvalue weighted by Crippen LogP contribution is 2.46. The van der Waals surface area contributed by atoms with Crippen molar-refractivity contribution in [2.75, 3.05) is 0 Å². The Kier molecular flexibility index (Phi) is 2.45. The van der Waals surface area contributed by atoms with Crippen molar-refractivity contribution in [2.45, 2.75) is 30.7 Å². The van der Waals surface area contributed by atoms with E-state index in [0.29, 0.717) is 12.8 Å². The van der Waals surface area contributed by atoms with E-state index in [1.165, 1.54) is 0 Å². The first-order valence-corrected chi connectivity index (χ1v) is 4.93. The molecule has 2 rings (SSSR count). The van der Waals surface area contributed by atoms with Gasteiger partial charge >= 0.3 is 6.18 Å². The maximum Gasteiger partial charge on any atom is 0.416 e. The van der Waals surface area contributed by atoms with E-state index in [-0.39, 0.29) is 5.56 Å². The molecule has 1 saturated carbocycles. The minimum absolute atomic E-state index is 0.216. The monoisotopic (exact) mass is 233 g/mol. The van der Waals surface area contributed by atoms with Crippen LogP contribution < -0.4 is 5.73 Å². The molecule has 0 aliphatic heterocycles. The average Bonchev–Trinajstić information content (AvgIpc) is 2.96. The smallest absolute Gasteiger partial charge is 0.322 e. The molecule has 5 heteroatoms. The molecule has 1 aliphatic rings. The molecule has 1 unspecified atom stereocenters. The lowest BCUT2D eigenvalue weighted by atomic mass is 10.0. The number of hydrogen-bond acceptors (Lipinski definition) is 1. The van der Waals surface area contributed by atoms with Crippen LogP contribution in [0.15, 0.2) is 24.3 Å². The van der Waals surface area contributed by atoms with E-state index < -0.39 is 23.5 Å². The van der Waals surface area contributed by atoms with Crippen molar-refractivity contribution in [2.24, 2.45) is 5.73 Å². The summed E-state index contributed by atoms with van der Waals surface area (Å²) in [5, 5.41) is 0. The molecule has 88 valence electrons. The van der Waals surface area contributed by atoms with Crippen molar-refractivity contribution in [3.05, 3.63) is 35.4 Å². The second-order valence-electron chi connectivity index (χ2n) is 4.22. The van der Waals surface area contributed by atoms with Gasteiger partial charge in [-0.05, 0) is 30.5 Å². The molecular formula is C11H11F4N. The molecule has 1 atom stereocenters. The summed E-state index contributed by atoms with van der Waals surface area (Å²) in [6.45, 7) is 0. The van der Waals surface area contributed by atoms with Gasteiger partial charge in [-0.25, -0.2) is 4.39 Å². The van der Waals surface area contributed by atoms with Crippen LogP contribution in [0.1, 0.15) is 30.1 Å². The quantitative estimate of drug-likeness (QED) is 0.780. The zero-order valence-electron chi connectivity index (χ0n) is 8.39. The molecule has 16 heavy (non-hydrogen) atoms. The zero-order chi connectivity index (χ0) is 12.0. The Morgan fingerprint density at radius 1 is 1.12 bits per heavy atom. The van der Waals surface area contributed by atoms with Gasteiger partial charge in [0.1, 0.15) is 6.17 Å². The first-order chi connectivity index (χ1) is 7.33. The summed E-state index contributed by atoms with van der Waals surface area (Å²) in [6.07, 6.45) is -4.61. The third kappa shape index (κ3) is 2.04. The third-order valence-corrected chi connectivity index (χ3v) is 2.86. The maximum atomic E-state index is 13.7. The third-order valence-electron chi connectivity index (χ3n) is 2.86. The van der Waals surface area contributed by atoms with Crippen LogP contribution in [0.3, 0.4) is 0 Å². The Morgan fingerprint density at radius 3 is 2.00 bits per heavy atom. The van der Waals surface area contributed by atoms with E-state index in [1.54, 1.807) is 0 Å². The summed E-state index contributed by atoms with van der Waals surface area (Å²) in [4.78, 5) is 0. The van der Waals surface area contributed by atoms with Gasteiger partial charge < -0.3 is 5.73 Å². The second kappa shape index (κ2) is 3.45. The largest absolute Gasteiger partial charge is 0.416 e. The van der Waals surface area contributed by atoms with Crippen molar-refractivity contribution in [3.8, 4) is 0 Å². The van der Waals surface area contributed by atoms with E-state index in [0.717, 1.165) is 24.3 Å². The SMILES string of the molecule is NC1(C(F)c2ccc(C(F)(F)F)cc2)CC1. The highest BCUT2D eigenvalue weighted by Gasteiger charge is 2.47. The fourth-order valence-electron chi connectivity index (χ4n) is 1.57. The summed E-state index contributed by atoms with van der Waals surface area (Å²) in [5.74, 6) is 0. The molecule has 0 aromatic heterocycles. The zero-order valence-corrected chi connectivity index (χ0v) is 8.39. The van der Waals surface area contributed by atoms with E-state index in [2.05, 4.69) is 0 Å². The molecule has 0 radical (unpaired) electrons. The Morgan fingerprint density at radius 2 is 1.62 bits per heavy atom. The van der Waals surface area contributed by atoms with Gasteiger partial charge in [0.15, 0.2) is 0 Å². The maximum absolute atomic E-state index is 13.7. The predicted octanol–water partition coefficient (Wildman–Crippen LogP) is 3.21. The predicted molar refractivity (Wildman–Crippen MR) is 51.4 cm³/mol. The molecule has 1 aromatic carbocycles. The number of benzene rings is 1. The van der Waals surface area contributed by atoms with Gasteiger partial charge in [-0.2, -0.15) is 13.2 Å². The number of nitrogens with two attached hydrogens (primary N) is 1. The molecule has 1 aliphatic carbocycles. The number of rotatable bonds is 2. The Labute approximate surface area is 90.3 Å². The first kappa shape index (κ1) is 11.4. The first-order valence-electron chi connectivity index (χ1n) is 4.93. The van der Waals surface area contributed by atoms with Crippen LogP contribution in [0, 0.1) is 0 Å². The van der Waals surface area contributed by atoms with Crippen molar-refractivity contribution in [1.82, 2.24) is 0 Å². The summed E-state index contributed by atoms with van der Waals surface area (Å²) in [5.41, 5.74) is 4.23. The van der Waals surface area contributed by atoms with Crippen LogP contribution in [0.5, 0.6) is 0 Å². The molecule has 1 aromatic rings. The lowest BCUT2D eigenvalue weighted by molar-refractivity contribution is -0.137. The fraction of sp³-hybridized carbons (Fsp3) is 0.455. The van der Waals surface area contributed by atoms with Gasteiger partial charge in [-0.15, -0.1) is 0 Å². The summed E-state index contributed by atoms with van der Waals surface area (Å²) < 4.78 is 50.5. The van der Waals surface area contributed by atoms with Gasteiger partial charge in [0.2, 0.25) is 0 Å². The summed E-state index contributed by atoms with van der Waals surface area (Å²) >= 11 is 0. The minimum atomic E-state index is -4.38.